The molecule has 3 unspecified atom stereocenters. The molecular weight excluding hydrogens is 468 g/mol. The van der Waals surface area contributed by atoms with E-state index in [4.69, 9.17) is 9.88 Å². The van der Waals surface area contributed by atoms with Crippen molar-refractivity contribution in [2.75, 3.05) is 29.7 Å². The van der Waals surface area contributed by atoms with Crippen molar-refractivity contribution >= 4 is 45.0 Å². The van der Waals surface area contributed by atoms with Crippen LogP contribution in [-0.4, -0.2) is 51.3 Å². The highest BCUT2D eigenvalue weighted by molar-refractivity contribution is 8.00. The molecule has 0 aromatic heterocycles. The van der Waals surface area contributed by atoms with E-state index in [1.54, 1.807) is 48.5 Å². The van der Waals surface area contributed by atoms with Gasteiger partial charge in [0.2, 0.25) is 21.8 Å². The molecule has 0 bridgehead atoms. The van der Waals surface area contributed by atoms with Crippen LogP contribution in [-0.2, 0) is 19.6 Å². The third-order valence-electron chi connectivity index (χ3n) is 5.27. The Labute approximate surface area is 195 Å². The van der Waals surface area contributed by atoms with Crippen LogP contribution in [0.4, 0.5) is 11.4 Å². The average molecular weight is 493 g/mol. The number of nitrogens with zero attached hydrogens (tertiary/aromatic N) is 1. The summed E-state index contributed by atoms with van der Waals surface area (Å²) in [4.78, 5) is 24.9. The van der Waals surface area contributed by atoms with Crippen LogP contribution in [0.5, 0.6) is 5.75 Å². The van der Waals surface area contributed by atoms with E-state index in [1.165, 1.54) is 23.9 Å². The van der Waals surface area contributed by atoms with Crippen LogP contribution in [0.2, 0.25) is 0 Å². The maximum Gasteiger partial charge on any atom is 0.238 e. The molecule has 33 heavy (non-hydrogen) atoms. The smallest absolute Gasteiger partial charge is 0.238 e. The molecule has 2 amide bonds. The molecule has 2 fully saturated rings. The Kier molecular flexibility index (Phi) is 6.76. The summed E-state index contributed by atoms with van der Waals surface area (Å²) in [6.45, 7) is 0.412. The number of carbonyl (C=O) groups is 2. The van der Waals surface area contributed by atoms with Gasteiger partial charge >= 0.3 is 0 Å². The molecule has 11 nitrogen and oxygen atoms in total. The minimum absolute atomic E-state index is 0.00708. The molecule has 13 heteroatoms. The topological polar surface area (TPSA) is 155 Å². The Balaban J connectivity index is 1.36. The van der Waals surface area contributed by atoms with Crippen LogP contribution in [0.15, 0.2) is 53.4 Å². The fourth-order valence-corrected chi connectivity index (χ4v) is 4.96. The first-order chi connectivity index (χ1) is 15.7. The molecule has 2 aromatic rings. The van der Waals surface area contributed by atoms with Crippen molar-refractivity contribution in [1.82, 2.24) is 16.1 Å². The summed E-state index contributed by atoms with van der Waals surface area (Å²) in [7, 11) is -2.22. The molecule has 176 valence electrons. The number of primary sulfonamides is 1. The number of rotatable bonds is 7. The SMILES string of the molecule is COc1ccc(NC(=O)CSC2NC(=O)C3CNN(c4ccc(S(N)(=O)=O)cc4)C3N2)cc1. The first-order valence-corrected chi connectivity index (χ1v) is 12.6. The largest absolute Gasteiger partial charge is 0.497 e. The van der Waals surface area contributed by atoms with Gasteiger partial charge in [0.25, 0.3) is 0 Å². The second-order valence-electron chi connectivity index (χ2n) is 7.47. The van der Waals surface area contributed by atoms with E-state index in [1.807, 2.05) is 0 Å². The van der Waals surface area contributed by atoms with Crippen LogP contribution in [0.25, 0.3) is 0 Å². The molecule has 0 radical (unpaired) electrons. The maximum absolute atomic E-state index is 12.6. The third kappa shape index (κ3) is 5.39. The summed E-state index contributed by atoms with van der Waals surface area (Å²) in [6.07, 6.45) is -0.374. The van der Waals surface area contributed by atoms with Crippen LogP contribution in [0.1, 0.15) is 0 Å². The van der Waals surface area contributed by atoms with Gasteiger partial charge in [-0.25, -0.2) is 19.0 Å². The second kappa shape index (κ2) is 9.57. The maximum atomic E-state index is 12.6. The van der Waals surface area contributed by atoms with Crippen LogP contribution in [0, 0.1) is 5.92 Å². The summed E-state index contributed by atoms with van der Waals surface area (Å²) >= 11 is 1.26. The highest BCUT2D eigenvalue weighted by Gasteiger charge is 2.44. The van der Waals surface area contributed by atoms with Crippen molar-refractivity contribution in [1.29, 1.82) is 0 Å². The number of benzene rings is 2. The number of nitrogens with two attached hydrogens (primary N) is 1. The van der Waals surface area contributed by atoms with Gasteiger partial charge in [-0.1, -0.05) is 0 Å². The molecule has 2 heterocycles. The van der Waals surface area contributed by atoms with Gasteiger partial charge in [0.15, 0.2) is 0 Å². The molecule has 2 aliphatic heterocycles. The number of methoxy groups -OCH3 is 1. The van der Waals surface area contributed by atoms with E-state index < -0.39 is 15.5 Å². The zero-order chi connectivity index (χ0) is 23.6. The van der Waals surface area contributed by atoms with E-state index >= 15 is 0 Å². The van der Waals surface area contributed by atoms with Crippen molar-refractivity contribution in [3.63, 3.8) is 0 Å². The number of fused-ring (bicyclic) bond motifs is 1. The van der Waals surface area contributed by atoms with Crippen molar-refractivity contribution in [2.45, 2.75) is 16.6 Å². The van der Waals surface area contributed by atoms with Gasteiger partial charge in [0.05, 0.1) is 29.4 Å². The highest BCUT2D eigenvalue weighted by atomic mass is 32.2. The number of anilines is 2. The van der Waals surface area contributed by atoms with E-state index in [-0.39, 0.29) is 34.5 Å². The number of ether oxygens (including phenoxy) is 1. The van der Waals surface area contributed by atoms with Gasteiger partial charge in [-0.3, -0.25) is 19.9 Å². The normalized spacial score (nSPS) is 22.4. The van der Waals surface area contributed by atoms with E-state index in [0.29, 0.717) is 23.7 Å². The molecule has 3 atom stereocenters. The molecule has 0 aliphatic carbocycles. The van der Waals surface area contributed by atoms with Crippen molar-refractivity contribution in [3.8, 4) is 5.75 Å². The third-order valence-corrected chi connectivity index (χ3v) is 7.22. The number of hydrogen-bond donors (Lipinski definition) is 5. The fraction of sp³-hybridized carbons (Fsp3) is 0.300. The van der Waals surface area contributed by atoms with Gasteiger partial charge < -0.3 is 15.4 Å². The number of hydrazine groups is 1. The molecule has 6 N–H and O–H groups in total. The lowest BCUT2D eigenvalue weighted by molar-refractivity contribution is -0.127. The molecule has 0 saturated carbocycles. The van der Waals surface area contributed by atoms with Gasteiger partial charge in [-0.05, 0) is 48.5 Å². The van der Waals surface area contributed by atoms with Gasteiger partial charge in [0.1, 0.15) is 17.4 Å². The zero-order valence-electron chi connectivity index (χ0n) is 17.6. The van der Waals surface area contributed by atoms with Crippen molar-refractivity contribution < 1.29 is 22.7 Å². The number of hydrogen-bond acceptors (Lipinski definition) is 9. The molecular formula is C20H24N6O5S2. The molecule has 2 aliphatic rings. The highest BCUT2D eigenvalue weighted by Crippen LogP contribution is 2.27. The molecule has 2 aromatic carbocycles. The second-order valence-corrected chi connectivity index (χ2v) is 10.1. The minimum Gasteiger partial charge on any atom is -0.497 e. The first kappa shape index (κ1) is 23.3. The Hall–Kier alpha value is -2.84. The van der Waals surface area contributed by atoms with Crippen LogP contribution < -0.4 is 36.3 Å². The van der Waals surface area contributed by atoms with E-state index in [2.05, 4.69) is 21.4 Å². The predicted octanol–water partition coefficient (Wildman–Crippen LogP) is -0.0156. The van der Waals surface area contributed by atoms with Gasteiger partial charge in [-0.15, -0.1) is 11.8 Å². The quantitative estimate of drug-likeness (QED) is 0.359. The monoisotopic (exact) mass is 492 g/mol. The number of thioether (sulfide) groups is 1. The van der Waals surface area contributed by atoms with E-state index in [9.17, 15) is 18.0 Å². The van der Waals surface area contributed by atoms with Crippen molar-refractivity contribution in [2.24, 2.45) is 11.1 Å². The Morgan fingerprint density at radius 3 is 2.55 bits per heavy atom. The Morgan fingerprint density at radius 2 is 1.91 bits per heavy atom. The Morgan fingerprint density at radius 1 is 1.21 bits per heavy atom. The van der Waals surface area contributed by atoms with Gasteiger partial charge in [-0.2, -0.15) is 0 Å². The number of sulfonamides is 1. The van der Waals surface area contributed by atoms with Crippen molar-refractivity contribution in [3.05, 3.63) is 48.5 Å². The lowest BCUT2D eigenvalue weighted by Crippen LogP contribution is -2.63. The minimum atomic E-state index is -3.79. The summed E-state index contributed by atoms with van der Waals surface area (Å²) < 4.78 is 28.1. The molecule has 4 rings (SSSR count). The zero-order valence-corrected chi connectivity index (χ0v) is 19.3. The summed E-state index contributed by atoms with van der Waals surface area (Å²) in [6, 6.07) is 13.1. The first-order valence-electron chi connectivity index (χ1n) is 10.0. The standard InChI is InChI=1S/C20H24N6O5S2/c1-31-14-6-2-12(3-7-14)23-17(27)11-32-20-24-18-16(19(28)25-20)10-22-26(18)13-4-8-15(9-5-13)33(21,29)30/h2-9,16,18,20,22,24H,10-11H2,1H3,(H,23,27)(H,25,28)(H2,21,29,30). The summed E-state index contributed by atoms with van der Waals surface area (Å²) in [5, 5.41) is 15.9. The predicted molar refractivity (Wildman–Crippen MR) is 125 cm³/mol. The van der Waals surface area contributed by atoms with E-state index in [0.717, 1.165) is 0 Å². The van der Waals surface area contributed by atoms with Crippen LogP contribution >= 0.6 is 11.8 Å². The molecule has 0 spiro atoms. The summed E-state index contributed by atoms with van der Waals surface area (Å²) in [5.74, 6) is 0.122. The van der Waals surface area contributed by atoms with Gasteiger partial charge in [0, 0.05) is 12.2 Å². The molecule has 2 saturated heterocycles. The average Bonchev–Trinajstić information content (AvgIpc) is 3.22. The summed E-state index contributed by atoms with van der Waals surface area (Å²) in [5.41, 5.74) is 4.01. The number of nitrogens with one attached hydrogen (secondary N) is 4. The Bertz CT molecular complexity index is 1130. The number of amides is 2. The fourth-order valence-electron chi connectivity index (χ4n) is 3.61. The lowest BCUT2D eigenvalue weighted by atomic mass is 10.1. The van der Waals surface area contributed by atoms with Crippen LogP contribution in [0.3, 0.4) is 0 Å². The lowest BCUT2D eigenvalue weighted by Gasteiger charge is -2.37. The number of carbonyl (C=O) groups excluding carboxylic acids is 2.